The summed E-state index contributed by atoms with van der Waals surface area (Å²) in [4.78, 5) is 14.0. The van der Waals surface area contributed by atoms with E-state index in [-0.39, 0.29) is 0 Å². The summed E-state index contributed by atoms with van der Waals surface area (Å²) in [6, 6.07) is 3.12. The van der Waals surface area contributed by atoms with E-state index in [1.54, 1.807) is 20.3 Å². The highest BCUT2D eigenvalue weighted by molar-refractivity contribution is 5.99. The molecule has 2 aromatic rings. The lowest BCUT2D eigenvalue weighted by Gasteiger charge is -2.30. The van der Waals surface area contributed by atoms with Gasteiger partial charge in [0.1, 0.15) is 5.58 Å². The van der Waals surface area contributed by atoms with Crippen molar-refractivity contribution in [1.29, 1.82) is 0 Å². The second-order valence-corrected chi connectivity index (χ2v) is 5.07. The van der Waals surface area contributed by atoms with Crippen LogP contribution in [0.2, 0.25) is 0 Å². The molecule has 1 aromatic carbocycles. The highest BCUT2D eigenvalue weighted by Crippen LogP contribution is 2.46. The van der Waals surface area contributed by atoms with Gasteiger partial charge in [-0.1, -0.05) is 0 Å². The molecule has 1 saturated heterocycles. The van der Waals surface area contributed by atoms with Crippen LogP contribution >= 0.6 is 0 Å². The number of methoxy groups -OCH3 is 3. The van der Waals surface area contributed by atoms with Crippen molar-refractivity contribution in [2.45, 2.75) is 0 Å². The fourth-order valence-corrected chi connectivity index (χ4v) is 2.83. The Morgan fingerprint density at radius 2 is 1.70 bits per heavy atom. The van der Waals surface area contributed by atoms with Gasteiger partial charge in [0.05, 0.1) is 45.6 Å². The molecular formula is C16H19NO6. The van der Waals surface area contributed by atoms with Gasteiger partial charge in [-0.15, -0.1) is 0 Å². The third kappa shape index (κ3) is 2.68. The molecule has 1 aliphatic rings. The van der Waals surface area contributed by atoms with Gasteiger partial charge in [0.2, 0.25) is 5.75 Å². The molecule has 0 saturated carbocycles. The first kappa shape index (κ1) is 15.5. The van der Waals surface area contributed by atoms with Crippen LogP contribution in [0.15, 0.2) is 21.3 Å². The predicted molar refractivity (Wildman–Crippen MR) is 85.2 cm³/mol. The molecule has 0 atom stereocenters. The smallest absolute Gasteiger partial charge is 0.338 e. The maximum atomic E-state index is 12.0. The number of hydrogen-bond donors (Lipinski definition) is 0. The van der Waals surface area contributed by atoms with Crippen molar-refractivity contribution in [3.63, 3.8) is 0 Å². The molecule has 2 heterocycles. The molecule has 1 aliphatic heterocycles. The molecule has 7 heteroatoms. The zero-order chi connectivity index (χ0) is 16.4. The summed E-state index contributed by atoms with van der Waals surface area (Å²) in [7, 11) is 4.61. The Balaban J connectivity index is 2.32. The maximum absolute atomic E-state index is 12.0. The minimum absolute atomic E-state index is 0.397. The third-order valence-corrected chi connectivity index (χ3v) is 3.87. The van der Waals surface area contributed by atoms with Crippen LogP contribution in [-0.2, 0) is 4.74 Å². The number of anilines is 1. The molecular weight excluding hydrogens is 302 g/mol. The zero-order valence-corrected chi connectivity index (χ0v) is 13.4. The lowest BCUT2D eigenvalue weighted by atomic mass is 10.1. The largest absolute Gasteiger partial charge is 0.493 e. The molecule has 23 heavy (non-hydrogen) atoms. The van der Waals surface area contributed by atoms with Gasteiger partial charge in [-0.2, -0.15) is 0 Å². The van der Waals surface area contributed by atoms with Crippen LogP contribution in [0.25, 0.3) is 11.0 Å². The van der Waals surface area contributed by atoms with E-state index in [0.29, 0.717) is 54.5 Å². The van der Waals surface area contributed by atoms with Gasteiger partial charge >= 0.3 is 5.63 Å². The van der Waals surface area contributed by atoms with E-state index in [4.69, 9.17) is 23.4 Å². The normalized spacial score (nSPS) is 14.8. The van der Waals surface area contributed by atoms with Gasteiger partial charge in [-0.25, -0.2) is 4.79 Å². The van der Waals surface area contributed by atoms with Crippen molar-refractivity contribution in [3.05, 3.63) is 22.6 Å². The first-order chi connectivity index (χ1) is 11.2. The van der Waals surface area contributed by atoms with E-state index in [2.05, 4.69) is 4.90 Å². The molecule has 0 unspecified atom stereocenters. The summed E-state index contributed by atoms with van der Waals surface area (Å²) in [5, 5.41) is 0.687. The molecule has 0 bridgehead atoms. The Labute approximate surface area is 133 Å². The van der Waals surface area contributed by atoms with Gasteiger partial charge in [0.15, 0.2) is 11.5 Å². The molecule has 124 valence electrons. The van der Waals surface area contributed by atoms with Crippen molar-refractivity contribution in [2.75, 3.05) is 52.5 Å². The van der Waals surface area contributed by atoms with E-state index in [0.717, 1.165) is 5.69 Å². The molecule has 1 fully saturated rings. The number of morpholine rings is 1. The van der Waals surface area contributed by atoms with Crippen molar-refractivity contribution in [3.8, 4) is 17.2 Å². The Morgan fingerprint density at radius 1 is 1.00 bits per heavy atom. The van der Waals surface area contributed by atoms with E-state index < -0.39 is 5.63 Å². The van der Waals surface area contributed by atoms with Gasteiger partial charge in [0.25, 0.3) is 0 Å². The summed E-state index contributed by atoms with van der Waals surface area (Å²) in [6.45, 7) is 2.60. The second-order valence-electron chi connectivity index (χ2n) is 5.07. The Morgan fingerprint density at radius 3 is 2.30 bits per heavy atom. The maximum Gasteiger partial charge on any atom is 0.338 e. The summed E-state index contributed by atoms with van der Waals surface area (Å²) < 4.78 is 27.0. The minimum atomic E-state index is -0.423. The Kier molecular flexibility index (Phi) is 4.29. The Bertz CT molecular complexity index is 763. The molecule has 0 radical (unpaired) electrons. The topological polar surface area (TPSA) is 70.4 Å². The number of ether oxygens (including phenoxy) is 4. The van der Waals surface area contributed by atoms with E-state index in [9.17, 15) is 4.79 Å². The van der Waals surface area contributed by atoms with Crippen molar-refractivity contribution < 1.29 is 23.4 Å². The molecule has 0 N–H and O–H groups in total. The van der Waals surface area contributed by atoms with Gasteiger partial charge in [-0.05, 0) is 0 Å². The molecule has 1 aromatic heterocycles. The van der Waals surface area contributed by atoms with Crippen molar-refractivity contribution in [1.82, 2.24) is 0 Å². The van der Waals surface area contributed by atoms with Crippen LogP contribution in [0.3, 0.4) is 0 Å². The van der Waals surface area contributed by atoms with Crippen molar-refractivity contribution >= 4 is 16.7 Å². The van der Waals surface area contributed by atoms with Gasteiger partial charge in [0, 0.05) is 25.2 Å². The lowest BCUT2D eigenvalue weighted by molar-refractivity contribution is 0.123. The number of hydrogen-bond acceptors (Lipinski definition) is 7. The molecule has 3 rings (SSSR count). The first-order valence-electron chi connectivity index (χ1n) is 7.29. The van der Waals surface area contributed by atoms with E-state index in [1.165, 1.54) is 13.2 Å². The van der Waals surface area contributed by atoms with Crippen molar-refractivity contribution in [2.24, 2.45) is 0 Å². The van der Waals surface area contributed by atoms with E-state index in [1.807, 2.05) is 0 Å². The van der Waals surface area contributed by atoms with Crippen LogP contribution in [-0.4, -0.2) is 47.6 Å². The summed E-state index contributed by atoms with van der Waals surface area (Å²) in [5.74, 6) is 1.39. The fraction of sp³-hybridized carbons (Fsp3) is 0.438. The number of benzene rings is 1. The molecule has 7 nitrogen and oxygen atoms in total. The van der Waals surface area contributed by atoms with Gasteiger partial charge < -0.3 is 28.3 Å². The summed E-state index contributed by atoms with van der Waals surface area (Å²) in [5.41, 5.74) is 0.721. The summed E-state index contributed by atoms with van der Waals surface area (Å²) in [6.07, 6.45) is 0. The minimum Gasteiger partial charge on any atom is -0.493 e. The standard InChI is InChI=1S/C16H19NO6/c1-19-12-9-11-14(16(21-3)15(12)20-2)10(8-13(18)23-11)17-4-6-22-7-5-17/h8-9H,4-7H2,1-3H3. The monoisotopic (exact) mass is 321 g/mol. The lowest BCUT2D eigenvalue weighted by Crippen LogP contribution is -2.36. The van der Waals surface area contributed by atoms with Crippen LogP contribution in [0, 0.1) is 0 Å². The average molecular weight is 321 g/mol. The zero-order valence-electron chi connectivity index (χ0n) is 13.4. The molecule has 0 aliphatic carbocycles. The second kappa shape index (κ2) is 6.37. The average Bonchev–Trinajstić information content (AvgIpc) is 2.59. The molecule has 0 amide bonds. The molecule has 0 spiro atoms. The predicted octanol–water partition coefficient (Wildman–Crippen LogP) is 1.66. The number of fused-ring (bicyclic) bond motifs is 1. The highest BCUT2D eigenvalue weighted by Gasteiger charge is 2.24. The van der Waals surface area contributed by atoms with Gasteiger partial charge in [-0.3, -0.25) is 0 Å². The van der Waals surface area contributed by atoms with Crippen LogP contribution in [0.5, 0.6) is 17.2 Å². The number of rotatable bonds is 4. The Hall–Kier alpha value is -2.41. The third-order valence-electron chi connectivity index (χ3n) is 3.87. The highest BCUT2D eigenvalue weighted by atomic mass is 16.5. The summed E-state index contributed by atoms with van der Waals surface area (Å²) >= 11 is 0. The van der Waals surface area contributed by atoms with E-state index >= 15 is 0 Å². The fourth-order valence-electron chi connectivity index (χ4n) is 2.83. The van der Waals surface area contributed by atoms with Crippen LogP contribution < -0.4 is 24.7 Å². The van der Waals surface area contributed by atoms with Crippen LogP contribution in [0.1, 0.15) is 0 Å². The SMILES string of the molecule is COc1cc2oc(=O)cc(N3CCOCC3)c2c(OC)c1OC. The quantitative estimate of drug-likeness (QED) is 0.793. The van der Waals surface area contributed by atoms with Crippen LogP contribution in [0.4, 0.5) is 5.69 Å². The number of nitrogens with zero attached hydrogens (tertiary/aromatic N) is 1. The first-order valence-corrected chi connectivity index (χ1v) is 7.29.